The van der Waals surface area contributed by atoms with Crippen LogP contribution in [-0.2, 0) is 10.0 Å². The van der Waals surface area contributed by atoms with Crippen LogP contribution in [0.5, 0.6) is 0 Å². The largest absolute Gasteiger partial charge is 0.384 e. The maximum atomic E-state index is 12.1. The quantitative estimate of drug-likeness (QED) is 0.874. The fraction of sp³-hybridized carbons (Fsp3) is 0.615. The first-order valence-electron chi connectivity index (χ1n) is 6.97. The van der Waals surface area contributed by atoms with Gasteiger partial charge in [0.1, 0.15) is 5.82 Å². The van der Waals surface area contributed by atoms with Gasteiger partial charge in [-0.1, -0.05) is 13.3 Å². The van der Waals surface area contributed by atoms with Gasteiger partial charge in [-0.05, 0) is 18.6 Å². The van der Waals surface area contributed by atoms with Crippen LogP contribution < -0.4 is 10.6 Å². The van der Waals surface area contributed by atoms with Crippen molar-refractivity contribution in [2.75, 3.05) is 42.6 Å². The van der Waals surface area contributed by atoms with Crippen LogP contribution in [0.2, 0.25) is 0 Å². The van der Waals surface area contributed by atoms with Gasteiger partial charge in [0.25, 0.3) is 0 Å². The van der Waals surface area contributed by atoms with Gasteiger partial charge in [0.05, 0.1) is 17.6 Å². The summed E-state index contributed by atoms with van der Waals surface area (Å²) in [5.41, 5.74) is 6.56. The van der Waals surface area contributed by atoms with Crippen molar-refractivity contribution < 1.29 is 8.42 Å². The van der Waals surface area contributed by atoms with Crippen LogP contribution in [0.3, 0.4) is 0 Å². The Balaban J connectivity index is 1.93. The smallest absolute Gasteiger partial charge is 0.214 e. The highest BCUT2D eigenvalue weighted by molar-refractivity contribution is 7.89. The SMILES string of the molecule is CCCCS(=O)(=O)N1CCN(c2ccc(N)nc2)CC1. The fourth-order valence-electron chi connectivity index (χ4n) is 2.26. The maximum Gasteiger partial charge on any atom is 0.214 e. The molecule has 1 aliphatic rings. The molecule has 6 nitrogen and oxygen atoms in total. The molecule has 2 N–H and O–H groups in total. The summed E-state index contributed by atoms with van der Waals surface area (Å²) in [4.78, 5) is 6.20. The Bertz CT molecular complexity index is 522. The van der Waals surface area contributed by atoms with E-state index in [1.165, 1.54) is 0 Å². The van der Waals surface area contributed by atoms with Gasteiger partial charge < -0.3 is 10.6 Å². The van der Waals surface area contributed by atoms with Crippen molar-refractivity contribution in [3.63, 3.8) is 0 Å². The average Bonchev–Trinajstić information content (AvgIpc) is 2.46. The number of nitrogens with zero attached hydrogens (tertiary/aromatic N) is 3. The maximum absolute atomic E-state index is 12.1. The highest BCUT2D eigenvalue weighted by atomic mass is 32.2. The lowest BCUT2D eigenvalue weighted by atomic mass is 10.3. The molecule has 7 heteroatoms. The summed E-state index contributed by atoms with van der Waals surface area (Å²) < 4.78 is 25.8. The summed E-state index contributed by atoms with van der Waals surface area (Å²) in [5.74, 6) is 0.752. The van der Waals surface area contributed by atoms with Crippen LogP contribution in [0.1, 0.15) is 19.8 Å². The van der Waals surface area contributed by atoms with E-state index < -0.39 is 10.0 Å². The van der Waals surface area contributed by atoms with Crippen molar-refractivity contribution in [3.8, 4) is 0 Å². The first-order valence-corrected chi connectivity index (χ1v) is 8.58. The minimum absolute atomic E-state index is 0.257. The van der Waals surface area contributed by atoms with E-state index in [4.69, 9.17) is 5.73 Å². The van der Waals surface area contributed by atoms with E-state index >= 15 is 0 Å². The van der Waals surface area contributed by atoms with Gasteiger partial charge in [-0.25, -0.2) is 13.4 Å². The predicted molar refractivity (Wildman–Crippen MR) is 81.1 cm³/mol. The predicted octanol–water partition coefficient (Wildman–Crippen LogP) is 0.916. The van der Waals surface area contributed by atoms with Crippen LogP contribution >= 0.6 is 0 Å². The number of unbranched alkanes of at least 4 members (excludes halogenated alkanes) is 1. The Hall–Kier alpha value is -1.34. The minimum Gasteiger partial charge on any atom is -0.384 e. The molecule has 2 heterocycles. The van der Waals surface area contributed by atoms with Gasteiger partial charge in [-0.2, -0.15) is 4.31 Å². The second-order valence-electron chi connectivity index (χ2n) is 5.00. The molecule has 0 aliphatic carbocycles. The zero-order valence-corrected chi connectivity index (χ0v) is 12.6. The van der Waals surface area contributed by atoms with Crippen molar-refractivity contribution in [2.24, 2.45) is 0 Å². The van der Waals surface area contributed by atoms with Gasteiger partial charge in [-0.15, -0.1) is 0 Å². The molecule has 1 aliphatic heterocycles. The number of aromatic nitrogens is 1. The number of nitrogens with two attached hydrogens (primary N) is 1. The first-order chi connectivity index (χ1) is 9.53. The number of rotatable bonds is 5. The second kappa shape index (κ2) is 6.41. The molecule has 0 unspecified atom stereocenters. The zero-order chi connectivity index (χ0) is 14.6. The van der Waals surface area contributed by atoms with E-state index in [0.717, 1.165) is 18.5 Å². The standard InChI is InChI=1S/C13H22N4O2S/c1-2-3-10-20(18,19)17-8-6-16(7-9-17)12-4-5-13(14)15-11-12/h4-5,11H,2-3,6-10H2,1H3,(H2,14,15). The molecule has 0 amide bonds. The molecule has 20 heavy (non-hydrogen) atoms. The number of pyridine rings is 1. The molecule has 1 saturated heterocycles. The number of sulfonamides is 1. The molecule has 0 saturated carbocycles. The van der Waals surface area contributed by atoms with Gasteiger partial charge in [-0.3, -0.25) is 0 Å². The molecule has 112 valence electrons. The summed E-state index contributed by atoms with van der Waals surface area (Å²) in [7, 11) is -3.09. The van der Waals surface area contributed by atoms with Crippen molar-refractivity contribution >= 4 is 21.5 Å². The number of hydrogen-bond acceptors (Lipinski definition) is 5. The molecule has 1 aromatic heterocycles. The Morgan fingerprint density at radius 2 is 1.95 bits per heavy atom. The molecule has 1 fully saturated rings. The van der Waals surface area contributed by atoms with Crippen LogP contribution in [0.15, 0.2) is 18.3 Å². The van der Waals surface area contributed by atoms with E-state index in [-0.39, 0.29) is 5.75 Å². The third-order valence-electron chi connectivity index (χ3n) is 3.52. The second-order valence-corrected chi connectivity index (χ2v) is 7.09. The van der Waals surface area contributed by atoms with E-state index in [0.29, 0.717) is 32.0 Å². The van der Waals surface area contributed by atoms with Crippen LogP contribution in [0.25, 0.3) is 0 Å². The van der Waals surface area contributed by atoms with Gasteiger partial charge in [0.2, 0.25) is 10.0 Å². The van der Waals surface area contributed by atoms with E-state index in [2.05, 4.69) is 9.88 Å². The lowest BCUT2D eigenvalue weighted by Crippen LogP contribution is -2.49. The van der Waals surface area contributed by atoms with Crippen molar-refractivity contribution in [2.45, 2.75) is 19.8 Å². The molecule has 0 bridgehead atoms. The summed E-state index contributed by atoms with van der Waals surface area (Å²) >= 11 is 0. The number of piperazine rings is 1. The van der Waals surface area contributed by atoms with Crippen molar-refractivity contribution in [3.05, 3.63) is 18.3 Å². The zero-order valence-electron chi connectivity index (χ0n) is 11.8. The van der Waals surface area contributed by atoms with Crippen LogP contribution in [-0.4, -0.2) is 49.6 Å². The Labute approximate surface area is 120 Å². The third-order valence-corrected chi connectivity index (χ3v) is 5.48. The third kappa shape index (κ3) is 3.61. The fourth-order valence-corrected chi connectivity index (χ4v) is 3.90. The Morgan fingerprint density at radius 3 is 2.50 bits per heavy atom. The van der Waals surface area contributed by atoms with Crippen molar-refractivity contribution in [1.29, 1.82) is 0 Å². The number of anilines is 2. The van der Waals surface area contributed by atoms with E-state index in [1.54, 1.807) is 16.6 Å². The Kier molecular flexibility index (Phi) is 4.82. The molecule has 0 radical (unpaired) electrons. The Morgan fingerprint density at radius 1 is 1.25 bits per heavy atom. The molecule has 0 aromatic carbocycles. The number of hydrogen-bond donors (Lipinski definition) is 1. The lowest BCUT2D eigenvalue weighted by Gasteiger charge is -2.35. The highest BCUT2D eigenvalue weighted by Crippen LogP contribution is 2.18. The molecule has 1 aromatic rings. The summed E-state index contributed by atoms with van der Waals surface area (Å²) in [5, 5.41) is 0. The van der Waals surface area contributed by atoms with Gasteiger partial charge >= 0.3 is 0 Å². The normalized spacial score (nSPS) is 17.4. The monoisotopic (exact) mass is 298 g/mol. The molecular formula is C13H22N4O2S. The molecule has 0 atom stereocenters. The highest BCUT2D eigenvalue weighted by Gasteiger charge is 2.26. The number of nitrogen functional groups attached to an aromatic ring is 1. The molecule has 0 spiro atoms. The van der Waals surface area contributed by atoms with Crippen LogP contribution in [0.4, 0.5) is 11.5 Å². The molecular weight excluding hydrogens is 276 g/mol. The summed E-state index contributed by atoms with van der Waals surface area (Å²) in [6.07, 6.45) is 3.36. The summed E-state index contributed by atoms with van der Waals surface area (Å²) in [6.45, 7) is 4.46. The first kappa shape index (κ1) is 15.1. The van der Waals surface area contributed by atoms with Gasteiger partial charge in [0.15, 0.2) is 0 Å². The van der Waals surface area contributed by atoms with Crippen molar-refractivity contribution in [1.82, 2.24) is 9.29 Å². The van der Waals surface area contributed by atoms with E-state index in [9.17, 15) is 8.42 Å². The minimum atomic E-state index is -3.09. The average molecular weight is 298 g/mol. The summed E-state index contributed by atoms with van der Waals surface area (Å²) in [6, 6.07) is 3.68. The van der Waals surface area contributed by atoms with E-state index in [1.807, 2.05) is 13.0 Å². The lowest BCUT2D eigenvalue weighted by molar-refractivity contribution is 0.384. The topological polar surface area (TPSA) is 79.5 Å². The van der Waals surface area contributed by atoms with Gasteiger partial charge in [0, 0.05) is 26.2 Å². The van der Waals surface area contributed by atoms with Crippen LogP contribution in [0, 0.1) is 0 Å². The molecule has 2 rings (SSSR count).